The van der Waals surface area contributed by atoms with Gasteiger partial charge in [-0.1, -0.05) is 29.8 Å². The van der Waals surface area contributed by atoms with Gasteiger partial charge in [-0.2, -0.15) is 0 Å². The molecule has 0 aliphatic rings. The van der Waals surface area contributed by atoms with Gasteiger partial charge in [0, 0.05) is 25.3 Å². The Bertz CT molecular complexity index is 724. The van der Waals surface area contributed by atoms with Crippen molar-refractivity contribution < 1.29 is 0 Å². The lowest BCUT2D eigenvalue weighted by Crippen LogP contribution is -1.92. The average Bonchev–Trinajstić information content (AvgIpc) is 2.76. The van der Waals surface area contributed by atoms with Crippen LogP contribution >= 0.6 is 0 Å². The maximum absolute atomic E-state index is 4.74. The summed E-state index contributed by atoms with van der Waals surface area (Å²) in [6.45, 7) is 2.10. The van der Waals surface area contributed by atoms with Crippen LogP contribution in [0.5, 0.6) is 0 Å². The number of benzene rings is 2. The van der Waals surface area contributed by atoms with E-state index in [-0.39, 0.29) is 0 Å². The normalized spacial score (nSPS) is 10.9. The molecule has 2 aromatic carbocycles. The zero-order chi connectivity index (χ0) is 13.4. The van der Waals surface area contributed by atoms with Crippen molar-refractivity contribution in [2.45, 2.75) is 6.92 Å². The first-order valence-electron chi connectivity index (χ1n) is 6.40. The number of imidazole rings is 1. The summed E-state index contributed by atoms with van der Waals surface area (Å²) in [7, 11) is 3.98. The summed E-state index contributed by atoms with van der Waals surface area (Å²) in [4.78, 5) is 4.74. The molecule has 0 amide bonds. The number of fused-ring (bicyclic) bond motifs is 1. The summed E-state index contributed by atoms with van der Waals surface area (Å²) >= 11 is 0. The molecule has 3 nitrogen and oxygen atoms in total. The zero-order valence-corrected chi connectivity index (χ0v) is 11.4. The molecule has 3 aromatic rings. The first-order chi connectivity index (χ1) is 9.19. The topological polar surface area (TPSA) is 29.9 Å². The molecule has 0 bridgehead atoms. The van der Waals surface area contributed by atoms with E-state index in [0.717, 1.165) is 28.1 Å². The summed E-state index contributed by atoms with van der Waals surface area (Å²) in [6.07, 6.45) is 0. The van der Waals surface area contributed by atoms with Gasteiger partial charge < -0.3 is 9.88 Å². The first kappa shape index (κ1) is 11.8. The Morgan fingerprint density at radius 1 is 1.05 bits per heavy atom. The minimum Gasteiger partial charge on any atom is -0.388 e. The highest BCUT2D eigenvalue weighted by Crippen LogP contribution is 2.25. The number of nitrogens with one attached hydrogen (secondary N) is 1. The fourth-order valence-corrected chi connectivity index (χ4v) is 2.32. The standard InChI is InChI=1S/C16H17N3/c1-11-4-6-12(7-5-11)16-18-14-10-13(17-2)8-9-15(14)19(16)3/h4-10,17H,1-3H3. The van der Waals surface area contributed by atoms with Crippen LogP contribution in [0.1, 0.15) is 5.56 Å². The van der Waals surface area contributed by atoms with Crippen LogP contribution in [0.25, 0.3) is 22.4 Å². The van der Waals surface area contributed by atoms with E-state index in [1.165, 1.54) is 5.56 Å². The van der Waals surface area contributed by atoms with Crippen molar-refractivity contribution in [1.29, 1.82) is 0 Å². The number of aryl methyl sites for hydroxylation is 2. The summed E-state index contributed by atoms with van der Waals surface area (Å²) < 4.78 is 2.14. The van der Waals surface area contributed by atoms with Crippen LogP contribution in [-0.4, -0.2) is 16.6 Å². The number of aromatic nitrogens is 2. The van der Waals surface area contributed by atoms with E-state index >= 15 is 0 Å². The Balaban J connectivity index is 2.19. The van der Waals surface area contributed by atoms with Gasteiger partial charge in [0.05, 0.1) is 11.0 Å². The van der Waals surface area contributed by atoms with Crippen molar-refractivity contribution in [3.8, 4) is 11.4 Å². The maximum Gasteiger partial charge on any atom is 0.140 e. The van der Waals surface area contributed by atoms with E-state index in [1.54, 1.807) is 0 Å². The molecule has 19 heavy (non-hydrogen) atoms. The molecular formula is C16H17N3. The van der Waals surface area contributed by atoms with Gasteiger partial charge in [-0.3, -0.25) is 0 Å². The molecule has 0 saturated carbocycles. The summed E-state index contributed by atoms with van der Waals surface area (Å²) in [5, 5.41) is 3.15. The van der Waals surface area contributed by atoms with Crippen LogP contribution in [-0.2, 0) is 7.05 Å². The van der Waals surface area contributed by atoms with E-state index in [2.05, 4.69) is 66.3 Å². The molecule has 96 valence electrons. The number of hydrogen-bond acceptors (Lipinski definition) is 2. The second-order valence-corrected chi connectivity index (χ2v) is 4.81. The second kappa shape index (κ2) is 4.43. The van der Waals surface area contributed by atoms with Crippen molar-refractivity contribution in [2.75, 3.05) is 12.4 Å². The minimum atomic E-state index is 1.00. The Labute approximate surface area is 112 Å². The lowest BCUT2D eigenvalue weighted by molar-refractivity contribution is 0.959. The fraction of sp³-hybridized carbons (Fsp3) is 0.188. The highest BCUT2D eigenvalue weighted by Gasteiger charge is 2.09. The zero-order valence-electron chi connectivity index (χ0n) is 11.4. The summed E-state index contributed by atoms with van der Waals surface area (Å²) in [6, 6.07) is 14.7. The van der Waals surface area contributed by atoms with E-state index in [4.69, 9.17) is 4.98 Å². The van der Waals surface area contributed by atoms with Crippen LogP contribution < -0.4 is 5.32 Å². The minimum absolute atomic E-state index is 1.00. The van der Waals surface area contributed by atoms with E-state index in [1.807, 2.05) is 7.05 Å². The highest BCUT2D eigenvalue weighted by molar-refractivity contribution is 5.83. The molecular weight excluding hydrogens is 234 g/mol. The molecule has 1 N–H and O–H groups in total. The van der Waals surface area contributed by atoms with E-state index in [9.17, 15) is 0 Å². The van der Waals surface area contributed by atoms with Gasteiger partial charge in [-0.15, -0.1) is 0 Å². The van der Waals surface area contributed by atoms with Gasteiger partial charge in [0.15, 0.2) is 0 Å². The SMILES string of the molecule is CNc1ccc2c(c1)nc(-c1ccc(C)cc1)n2C. The quantitative estimate of drug-likeness (QED) is 0.754. The predicted molar refractivity (Wildman–Crippen MR) is 80.4 cm³/mol. The lowest BCUT2D eigenvalue weighted by Gasteiger charge is -2.03. The molecule has 0 atom stereocenters. The molecule has 0 spiro atoms. The molecule has 0 aliphatic carbocycles. The molecule has 0 fully saturated rings. The van der Waals surface area contributed by atoms with Crippen molar-refractivity contribution in [1.82, 2.24) is 9.55 Å². The summed E-state index contributed by atoms with van der Waals surface area (Å²) in [5.41, 5.74) is 5.66. The van der Waals surface area contributed by atoms with Crippen LogP contribution in [0.4, 0.5) is 5.69 Å². The third kappa shape index (κ3) is 1.97. The molecule has 0 unspecified atom stereocenters. The molecule has 1 heterocycles. The average molecular weight is 251 g/mol. The summed E-state index contributed by atoms with van der Waals surface area (Å²) in [5.74, 6) is 1.00. The second-order valence-electron chi connectivity index (χ2n) is 4.81. The molecule has 0 saturated heterocycles. The van der Waals surface area contributed by atoms with Crippen LogP contribution in [0.2, 0.25) is 0 Å². The molecule has 1 aromatic heterocycles. The van der Waals surface area contributed by atoms with Crippen molar-refractivity contribution >= 4 is 16.7 Å². The van der Waals surface area contributed by atoms with E-state index < -0.39 is 0 Å². The molecule has 3 rings (SSSR count). The van der Waals surface area contributed by atoms with Crippen molar-refractivity contribution in [3.05, 3.63) is 48.0 Å². The molecule has 0 aliphatic heterocycles. The number of anilines is 1. The fourth-order valence-electron chi connectivity index (χ4n) is 2.32. The highest BCUT2D eigenvalue weighted by atomic mass is 15.1. The third-order valence-corrected chi connectivity index (χ3v) is 3.48. The van der Waals surface area contributed by atoms with Crippen LogP contribution in [0.15, 0.2) is 42.5 Å². The Morgan fingerprint density at radius 2 is 1.79 bits per heavy atom. The van der Waals surface area contributed by atoms with Crippen molar-refractivity contribution in [2.24, 2.45) is 7.05 Å². The predicted octanol–water partition coefficient (Wildman–Crippen LogP) is 3.59. The van der Waals surface area contributed by atoms with Crippen molar-refractivity contribution in [3.63, 3.8) is 0 Å². The number of nitrogens with zero attached hydrogens (tertiary/aromatic N) is 2. The Kier molecular flexibility index (Phi) is 2.75. The molecule has 3 heteroatoms. The molecule has 0 radical (unpaired) electrons. The lowest BCUT2D eigenvalue weighted by atomic mass is 10.1. The largest absolute Gasteiger partial charge is 0.388 e. The Hall–Kier alpha value is -2.29. The smallest absolute Gasteiger partial charge is 0.140 e. The van der Waals surface area contributed by atoms with Crippen LogP contribution in [0, 0.1) is 6.92 Å². The van der Waals surface area contributed by atoms with Gasteiger partial charge in [0.25, 0.3) is 0 Å². The van der Waals surface area contributed by atoms with Gasteiger partial charge >= 0.3 is 0 Å². The number of rotatable bonds is 2. The third-order valence-electron chi connectivity index (χ3n) is 3.48. The number of hydrogen-bond donors (Lipinski definition) is 1. The Morgan fingerprint density at radius 3 is 2.47 bits per heavy atom. The van der Waals surface area contributed by atoms with Gasteiger partial charge in [-0.25, -0.2) is 4.98 Å². The first-order valence-corrected chi connectivity index (χ1v) is 6.40. The van der Waals surface area contributed by atoms with Gasteiger partial charge in [0.1, 0.15) is 5.82 Å². The van der Waals surface area contributed by atoms with Gasteiger partial charge in [-0.05, 0) is 25.1 Å². The van der Waals surface area contributed by atoms with Gasteiger partial charge in [0.2, 0.25) is 0 Å². The van der Waals surface area contributed by atoms with Crippen LogP contribution in [0.3, 0.4) is 0 Å². The monoisotopic (exact) mass is 251 g/mol. The maximum atomic E-state index is 4.74. The van der Waals surface area contributed by atoms with E-state index in [0.29, 0.717) is 0 Å².